The number of urea groups is 1. The molecule has 1 fully saturated rings. The zero-order valence-corrected chi connectivity index (χ0v) is 32.7. The molecular formula is C39H55N7O5S2. The minimum atomic E-state index is -0.771. The number of ether oxygens (including phenoxy) is 2. The summed E-state index contributed by atoms with van der Waals surface area (Å²) in [5.41, 5.74) is 8.43. The summed E-state index contributed by atoms with van der Waals surface area (Å²) in [5.74, 6) is 0.0572. The Bertz CT molecular complexity index is 1590. The van der Waals surface area contributed by atoms with Crippen LogP contribution in [0.5, 0.6) is 0 Å². The minimum Gasteiger partial charge on any atom is -0.444 e. The monoisotopic (exact) mass is 765 g/mol. The predicted molar refractivity (Wildman–Crippen MR) is 213 cm³/mol. The van der Waals surface area contributed by atoms with Gasteiger partial charge >= 0.3 is 12.1 Å². The Hall–Kier alpha value is -4.11. The third-order valence-electron chi connectivity index (χ3n) is 8.99. The van der Waals surface area contributed by atoms with Crippen molar-refractivity contribution in [2.45, 2.75) is 76.5 Å². The van der Waals surface area contributed by atoms with Crippen LogP contribution in [0.15, 0.2) is 77.1 Å². The van der Waals surface area contributed by atoms with E-state index >= 15 is 0 Å². The topological polar surface area (TPSA) is 151 Å². The maximum absolute atomic E-state index is 14.2. The summed E-state index contributed by atoms with van der Waals surface area (Å²) in [5, 5.41) is 12.3. The largest absolute Gasteiger partial charge is 0.444 e. The normalized spacial score (nSPS) is 15.3. The van der Waals surface area contributed by atoms with E-state index in [0.717, 1.165) is 34.9 Å². The van der Waals surface area contributed by atoms with Crippen molar-refractivity contribution in [3.8, 4) is 0 Å². The lowest BCUT2D eigenvalue weighted by molar-refractivity contribution is -0.124. The molecule has 0 unspecified atom stereocenters. The highest BCUT2D eigenvalue weighted by Gasteiger charge is 2.27. The Labute approximate surface area is 323 Å². The first-order valence-corrected chi connectivity index (χ1v) is 19.6. The van der Waals surface area contributed by atoms with Crippen LogP contribution in [0.1, 0.15) is 60.9 Å². The number of carbonyl (C=O) groups excluding carboxylic acids is 3. The number of nitrogens with zero attached hydrogens (tertiary/aromatic N) is 3. The fraction of sp³-hybridized carbons (Fsp3) is 0.487. The van der Waals surface area contributed by atoms with Crippen molar-refractivity contribution < 1.29 is 23.9 Å². The average Bonchev–Trinajstić information content (AvgIpc) is 3.64. The summed E-state index contributed by atoms with van der Waals surface area (Å²) in [6, 6.07) is 18.2. The van der Waals surface area contributed by atoms with Crippen molar-refractivity contribution in [2.24, 2.45) is 5.73 Å². The Kier molecular flexibility index (Phi) is 17.4. The molecule has 0 saturated carbocycles. The second kappa shape index (κ2) is 22.2. The third-order valence-corrected chi connectivity index (χ3v) is 10.5. The molecule has 1 aliphatic heterocycles. The van der Waals surface area contributed by atoms with E-state index in [-0.39, 0.29) is 30.6 Å². The van der Waals surface area contributed by atoms with Crippen molar-refractivity contribution in [3.63, 3.8) is 0 Å². The second-order valence-electron chi connectivity index (χ2n) is 13.7. The maximum atomic E-state index is 14.2. The lowest BCUT2D eigenvalue weighted by atomic mass is 9.95. The molecule has 53 heavy (non-hydrogen) atoms. The molecule has 3 atom stereocenters. The number of aromatic nitrogens is 1. The van der Waals surface area contributed by atoms with Gasteiger partial charge in [0.1, 0.15) is 12.6 Å². The van der Waals surface area contributed by atoms with Gasteiger partial charge in [-0.2, -0.15) is 0 Å². The predicted octanol–water partition coefficient (Wildman–Crippen LogP) is 5.07. The molecule has 5 N–H and O–H groups in total. The van der Waals surface area contributed by atoms with E-state index in [2.05, 4.69) is 52.3 Å². The van der Waals surface area contributed by atoms with Crippen LogP contribution in [-0.2, 0) is 33.7 Å². The van der Waals surface area contributed by atoms with Crippen LogP contribution in [0, 0.1) is 0 Å². The number of nitrogens with two attached hydrogens (primary N) is 1. The van der Waals surface area contributed by atoms with Gasteiger partial charge in [-0.25, -0.2) is 14.6 Å². The Morgan fingerprint density at radius 2 is 1.57 bits per heavy atom. The first kappa shape index (κ1) is 41.6. The molecule has 3 aromatic rings. The van der Waals surface area contributed by atoms with Gasteiger partial charge in [0.25, 0.3) is 0 Å². The van der Waals surface area contributed by atoms with E-state index in [9.17, 15) is 14.4 Å². The Morgan fingerprint density at radius 3 is 2.13 bits per heavy atom. The summed E-state index contributed by atoms with van der Waals surface area (Å²) in [7, 11) is 1.72. The number of amides is 4. The number of hydrogen-bond acceptors (Lipinski definition) is 10. The summed E-state index contributed by atoms with van der Waals surface area (Å²) < 4.78 is 10.9. The van der Waals surface area contributed by atoms with Gasteiger partial charge in [0, 0.05) is 61.2 Å². The van der Waals surface area contributed by atoms with Gasteiger partial charge in [-0.05, 0) is 43.2 Å². The highest BCUT2D eigenvalue weighted by atomic mass is 32.1. The minimum absolute atomic E-state index is 0.0360. The van der Waals surface area contributed by atoms with Crippen LogP contribution in [0.3, 0.4) is 0 Å². The lowest BCUT2D eigenvalue weighted by Crippen LogP contribution is -2.54. The van der Waals surface area contributed by atoms with Crippen LogP contribution < -0.4 is 21.7 Å². The van der Waals surface area contributed by atoms with Gasteiger partial charge in [-0.15, -0.1) is 24.0 Å². The number of thiol groups is 1. The number of benzene rings is 2. The standard InChI is InChI=1S/C39H55N7O5S2/c1-28(2)37-42-33(27-53-37)25-45(3)38(48)44-35(16-17-46-18-20-50-21-19-46)36(47)41-31(22-29-10-6-4-7-11-29)14-15-32(23-30-12-8-5-9-13-30)43-39(49)51-26-34(52)24-40/h4-13,24,27-28,31-32,35,52H,14-23,25-26,40H2,1-3H3,(H,41,47)(H,43,49)(H,44,48)/b34-24-/t31-,32-,35+/m1/s1. The zero-order valence-electron chi connectivity index (χ0n) is 31.0. The van der Waals surface area contributed by atoms with Crippen molar-refractivity contribution in [1.29, 1.82) is 0 Å². The SMILES string of the molecule is CC(C)c1nc(CN(C)C(=O)N[C@@H](CCN2CCOCC2)C(=O)N[C@H](CC[C@H](Cc2ccccc2)NC(=O)OC/C(S)=C/N)Cc2ccccc2)cs1. The Morgan fingerprint density at radius 1 is 0.962 bits per heavy atom. The van der Waals surface area contributed by atoms with E-state index in [4.69, 9.17) is 15.2 Å². The molecule has 2 heterocycles. The van der Waals surface area contributed by atoms with Crippen molar-refractivity contribution in [1.82, 2.24) is 30.7 Å². The first-order valence-electron chi connectivity index (χ1n) is 18.3. The Balaban J connectivity index is 1.48. The first-order chi connectivity index (χ1) is 25.6. The molecule has 288 valence electrons. The van der Waals surface area contributed by atoms with Crippen LogP contribution in [-0.4, -0.2) is 97.4 Å². The number of rotatable bonds is 19. The number of carbonyl (C=O) groups is 3. The molecule has 0 spiro atoms. The van der Waals surface area contributed by atoms with E-state index < -0.39 is 12.1 Å². The molecular weight excluding hydrogens is 711 g/mol. The lowest BCUT2D eigenvalue weighted by Gasteiger charge is -2.30. The van der Waals surface area contributed by atoms with Crippen LogP contribution >= 0.6 is 24.0 Å². The third kappa shape index (κ3) is 15.0. The smallest absolute Gasteiger partial charge is 0.407 e. The molecule has 14 heteroatoms. The van der Waals surface area contributed by atoms with Gasteiger partial charge in [0.15, 0.2) is 0 Å². The molecule has 0 aliphatic carbocycles. The molecule has 4 rings (SSSR count). The number of morpholine rings is 1. The molecule has 12 nitrogen and oxygen atoms in total. The maximum Gasteiger partial charge on any atom is 0.407 e. The molecule has 2 aromatic carbocycles. The molecule has 0 bridgehead atoms. The summed E-state index contributed by atoms with van der Waals surface area (Å²) in [6.45, 7) is 7.95. The highest BCUT2D eigenvalue weighted by molar-refractivity contribution is 7.84. The molecule has 0 radical (unpaired) electrons. The number of alkyl carbamates (subject to hydrolysis) is 1. The van der Waals surface area contributed by atoms with Gasteiger partial charge in [0.05, 0.1) is 30.5 Å². The number of nitrogens with one attached hydrogen (secondary N) is 3. The van der Waals surface area contributed by atoms with E-state index in [1.54, 1.807) is 23.3 Å². The fourth-order valence-electron chi connectivity index (χ4n) is 5.99. The van der Waals surface area contributed by atoms with Gasteiger partial charge in [-0.3, -0.25) is 9.69 Å². The molecule has 1 aliphatic rings. The van der Waals surface area contributed by atoms with Crippen molar-refractivity contribution in [2.75, 3.05) is 46.5 Å². The van der Waals surface area contributed by atoms with Gasteiger partial charge in [-0.1, -0.05) is 74.5 Å². The van der Waals surface area contributed by atoms with E-state index in [1.807, 2.05) is 66.0 Å². The van der Waals surface area contributed by atoms with Crippen LogP contribution in [0.2, 0.25) is 0 Å². The van der Waals surface area contributed by atoms with E-state index in [1.165, 1.54) is 6.20 Å². The zero-order chi connectivity index (χ0) is 38.0. The molecule has 4 amide bonds. The average molecular weight is 766 g/mol. The van der Waals surface area contributed by atoms with Gasteiger partial charge in [0.2, 0.25) is 5.91 Å². The number of hydrogen-bond donors (Lipinski definition) is 5. The van der Waals surface area contributed by atoms with Gasteiger partial charge < -0.3 is 36.1 Å². The molecule has 1 aromatic heterocycles. The summed E-state index contributed by atoms with van der Waals surface area (Å²) in [4.78, 5) is 49.5. The number of thiazole rings is 1. The second-order valence-corrected chi connectivity index (χ2v) is 15.1. The van der Waals surface area contributed by atoms with Crippen LogP contribution in [0.4, 0.5) is 9.59 Å². The highest BCUT2D eigenvalue weighted by Crippen LogP contribution is 2.20. The molecule has 1 saturated heterocycles. The summed E-state index contributed by atoms with van der Waals surface area (Å²) >= 11 is 5.78. The van der Waals surface area contributed by atoms with Crippen LogP contribution in [0.25, 0.3) is 0 Å². The fourth-order valence-corrected chi connectivity index (χ4v) is 6.88. The summed E-state index contributed by atoms with van der Waals surface area (Å²) in [6.07, 6.45) is 3.41. The quantitative estimate of drug-likeness (QED) is 0.106. The van der Waals surface area contributed by atoms with Crippen molar-refractivity contribution in [3.05, 3.63) is 99.0 Å². The van der Waals surface area contributed by atoms with E-state index in [0.29, 0.717) is 69.2 Å². The van der Waals surface area contributed by atoms with Crippen molar-refractivity contribution >= 4 is 42.0 Å².